The minimum atomic E-state index is -0.994. The van der Waals surface area contributed by atoms with Crippen LogP contribution in [0.5, 0.6) is 0 Å². The van der Waals surface area contributed by atoms with E-state index in [1.165, 1.54) is 12.1 Å². The molecular weight excluding hydrogens is 256 g/mol. The van der Waals surface area contributed by atoms with Crippen LogP contribution in [-0.4, -0.2) is 21.8 Å². The van der Waals surface area contributed by atoms with Crippen molar-refractivity contribution >= 4 is 17.4 Å². The average Bonchev–Trinajstić information content (AvgIpc) is 2.49. The standard InChI is InChI=1S/C14H10N4O2/c15-9-13(12-3-1-2-8-16-12)18-17-11-6-4-10(5-7-11)14(19)20/h1-8,17H,(H,19,20)/b18-13-. The number of pyridine rings is 1. The van der Waals surface area contributed by atoms with Crippen LogP contribution in [0.15, 0.2) is 53.8 Å². The number of hydrogen-bond acceptors (Lipinski definition) is 5. The van der Waals surface area contributed by atoms with Gasteiger partial charge in [0.05, 0.1) is 11.3 Å². The van der Waals surface area contributed by atoms with Gasteiger partial charge in [-0.1, -0.05) is 6.07 Å². The molecule has 2 aromatic rings. The fourth-order valence-electron chi connectivity index (χ4n) is 1.45. The van der Waals surface area contributed by atoms with Crippen molar-refractivity contribution in [1.29, 1.82) is 5.26 Å². The lowest BCUT2D eigenvalue weighted by Crippen LogP contribution is -2.04. The molecule has 1 heterocycles. The van der Waals surface area contributed by atoms with Crippen molar-refractivity contribution in [3.8, 4) is 6.07 Å². The van der Waals surface area contributed by atoms with Gasteiger partial charge < -0.3 is 5.11 Å². The third-order valence-electron chi connectivity index (χ3n) is 2.44. The normalized spacial score (nSPS) is 10.7. The quantitative estimate of drug-likeness (QED) is 0.652. The van der Waals surface area contributed by atoms with Gasteiger partial charge in [0.2, 0.25) is 0 Å². The Labute approximate surface area is 115 Å². The van der Waals surface area contributed by atoms with Crippen LogP contribution in [0.4, 0.5) is 5.69 Å². The molecule has 0 spiro atoms. The number of carboxylic acid groups (broad SMARTS) is 1. The van der Waals surface area contributed by atoms with Crippen molar-refractivity contribution in [2.75, 3.05) is 5.43 Å². The average molecular weight is 266 g/mol. The summed E-state index contributed by atoms with van der Waals surface area (Å²) in [6.45, 7) is 0. The third-order valence-corrected chi connectivity index (χ3v) is 2.44. The lowest BCUT2D eigenvalue weighted by Gasteiger charge is -2.02. The SMILES string of the molecule is N#C/C(=N/Nc1ccc(C(=O)O)cc1)c1ccccn1. The highest BCUT2D eigenvalue weighted by atomic mass is 16.4. The first-order valence-corrected chi connectivity index (χ1v) is 5.69. The number of rotatable bonds is 4. The number of nitrogens with zero attached hydrogens (tertiary/aromatic N) is 3. The molecule has 1 aromatic carbocycles. The van der Waals surface area contributed by atoms with E-state index >= 15 is 0 Å². The fraction of sp³-hybridized carbons (Fsp3) is 0. The molecule has 0 atom stereocenters. The Morgan fingerprint density at radius 1 is 1.25 bits per heavy atom. The zero-order chi connectivity index (χ0) is 14.4. The fourth-order valence-corrected chi connectivity index (χ4v) is 1.45. The van der Waals surface area contributed by atoms with Crippen molar-refractivity contribution in [1.82, 2.24) is 4.98 Å². The number of aromatic nitrogens is 1. The summed E-state index contributed by atoms with van der Waals surface area (Å²) in [6, 6.07) is 13.2. The number of carboxylic acids is 1. The van der Waals surface area contributed by atoms with Gasteiger partial charge in [0, 0.05) is 6.20 Å². The molecule has 2 rings (SSSR count). The van der Waals surface area contributed by atoms with E-state index in [9.17, 15) is 4.79 Å². The largest absolute Gasteiger partial charge is 0.478 e. The third kappa shape index (κ3) is 3.17. The first kappa shape index (κ1) is 13.2. The summed E-state index contributed by atoms with van der Waals surface area (Å²) < 4.78 is 0. The minimum absolute atomic E-state index is 0.146. The number of hydrogen-bond donors (Lipinski definition) is 2. The molecule has 0 saturated carbocycles. The number of benzene rings is 1. The predicted molar refractivity (Wildman–Crippen MR) is 73.4 cm³/mol. The molecule has 0 fully saturated rings. The number of aromatic carboxylic acids is 1. The monoisotopic (exact) mass is 266 g/mol. The Hall–Kier alpha value is -3.20. The van der Waals surface area contributed by atoms with E-state index in [1.807, 2.05) is 6.07 Å². The second-order valence-corrected chi connectivity index (χ2v) is 3.78. The highest BCUT2D eigenvalue weighted by molar-refractivity contribution is 6.10. The van der Waals surface area contributed by atoms with Crippen LogP contribution in [0.2, 0.25) is 0 Å². The molecule has 6 nitrogen and oxygen atoms in total. The van der Waals surface area contributed by atoms with Crippen LogP contribution in [0.3, 0.4) is 0 Å². The van der Waals surface area contributed by atoms with E-state index in [4.69, 9.17) is 10.4 Å². The van der Waals surface area contributed by atoms with Gasteiger partial charge in [-0.2, -0.15) is 10.4 Å². The molecule has 0 unspecified atom stereocenters. The summed E-state index contributed by atoms with van der Waals surface area (Å²) in [5.74, 6) is -0.994. The van der Waals surface area contributed by atoms with Crippen LogP contribution in [0.25, 0.3) is 0 Å². The van der Waals surface area contributed by atoms with E-state index in [-0.39, 0.29) is 11.3 Å². The summed E-state index contributed by atoms with van der Waals surface area (Å²) in [5, 5.41) is 21.8. The highest BCUT2D eigenvalue weighted by Gasteiger charge is 2.04. The molecule has 0 aliphatic carbocycles. The first-order chi connectivity index (χ1) is 9.70. The second kappa shape index (κ2) is 6.11. The van der Waals surface area contributed by atoms with Crippen molar-refractivity contribution in [2.45, 2.75) is 0 Å². The van der Waals surface area contributed by atoms with Gasteiger partial charge in [0.25, 0.3) is 0 Å². The summed E-state index contributed by atoms with van der Waals surface area (Å²) in [5.41, 5.74) is 4.07. The number of nitrogens with one attached hydrogen (secondary N) is 1. The van der Waals surface area contributed by atoms with Gasteiger partial charge in [-0.05, 0) is 36.4 Å². The maximum absolute atomic E-state index is 10.7. The van der Waals surface area contributed by atoms with Gasteiger partial charge >= 0.3 is 5.97 Å². The highest BCUT2D eigenvalue weighted by Crippen LogP contribution is 2.10. The maximum Gasteiger partial charge on any atom is 0.335 e. The Morgan fingerprint density at radius 3 is 2.55 bits per heavy atom. The van der Waals surface area contributed by atoms with Crippen LogP contribution in [0.1, 0.15) is 16.1 Å². The molecule has 0 bridgehead atoms. The number of hydrazone groups is 1. The molecule has 98 valence electrons. The van der Waals surface area contributed by atoms with E-state index in [2.05, 4.69) is 15.5 Å². The minimum Gasteiger partial charge on any atom is -0.478 e. The van der Waals surface area contributed by atoms with E-state index in [0.717, 1.165) is 0 Å². The van der Waals surface area contributed by atoms with Crippen molar-refractivity contribution in [2.24, 2.45) is 5.10 Å². The summed E-state index contributed by atoms with van der Waals surface area (Å²) in [7, 11) is 0. The molecule has 0 amide bonds. The van der Waals surface area contributed by atoms with Gasteiger partial charge in [0.15, 0.2) is 5.71 Å². The van der Waals surface area contributed by atoms with Crippen molar-refractivity contribution < 1.29 is 9.90 Å². The molecule has 0 aliphatic rings. The summed E-state index contributed by atoms with van der Waals surface area (Å²) in [4.78, 5) is 14.7. The number of anilines is 1. The Kier molecular flexibility index (Phi) is 4.04. The molecule has 0 radical (unpaired) electrons. The smallest absolute Gasteiger partial charge is 0.335 e. The molecule has 1 aromatic heterocycles. The van der Waals surface area contributed by atoms with Gasteiger partial charge in [-0.3, -0.25) is 10.4 Å². The molecule has 20 heavy (non-hydrogen) atoms. The van der Waals surface area contributed by atoms with Gasteiger partial charge in [-0.15, -0.1) is 0 Å². The lowest BCUT2D eigenvalue weighted by molar-refractivity contribution is 0.0697. The Morgan fingerprint density at radius 2 is 2.00 bits per heavy atom. The van der Waals surface area contributed by atoms with Crippen LogP contribution in [-0.2, 0) is 0 Å². The molecule has 0 saturated heterocycles. The predicted octanol–water partition coefficient (Wildman–Crippen LogP) is 2.12. The molecule has 6 heteroatoms. The van der Waals surface area contributed by atoms with Crippen LogP contribution in [0, 0.1) is 11.3 Å². The maximum atomic E-state index is 10.7. The number of carbonyl (C=O) groups is 1. The Bertz CT molecular complexity index is 673. The Balaban J connectivity index is 2.15. The van der Waals surface area contributed by atoms with E-state index in [0.29, 0.717) is 11.4 Å². The summed E-state index contributed by atoms with van der Waals surface area (Å²) >= 11 is 0. The van der Waals surface area contributed by atoms with Crippen LogP contribution >= 0.6 is 0 Å². The van der Waals surface area contributed by atoms with Crippen LogP contribution < -0.4 is 5.43 Å². The molecule has 2 N–H and O–H groups in total. The second-order valence-electron chi connectivity index (χ2n) is 3.78. The van der Waals surface area contributed by atoms with E-state index < -0.39 is 5.97 Å². The number of nitriles is 1. The zero-order valence-electron chi connectivity index (χ0n) is 10.3. The lowest BCUT2D eigenvalue weighted by atomic mass is 10.2. The first-order valence-electron chi connectivity index (χ1n) is 5.69. The molecule has 0 aliphatic heterocycles. The van der Waals surface area contributed by atoms with Crippen molar-refractivity contribution in [3.63, 3.8) is 0 Å². The molecular formula is C14H10N4O2. The van der Waals surface area contributed by atoms with Gasteiger partial charge in [-0.25, -0.2) is 4.79 Å². The topological polar surface area (TPSA) is 98.4 Å². The zero-order valence-corrected chi connectivity index (χ0v) is 10.3. The van der Waals surface area contributed by atoms with Crippen molar-refractivity contribution in [3.05, 3.63) is 59.9 Å². The van der Waals surface area contributed by atoms with Gasteiger partial charge in [0.1, 0.15) is 11.8 Å². The summed E-state index contributed by atoms with van der Waals surface area (Å²) in [6.07, 6.45) is 1.57. The van der Waals surface area contributed by atoms with E-state index in [1.54, 1.807) is 36.5 Å².